The Hall–Kier alpha value is -1.28. The van der Waals surface area contributed by atoms with Crippen LogP contribution >= 0.6 is 7.82 Å². The van der Waals surface area contributed by atoms with E-state index in [2.05, 4.69) is 43.5 Å². The van der Waals surface area contributed by atoms with Gasteiger partial charge in [0.1, 0.15) is 13.2 Å². The minimum Gasteiger partial charge on any atom is -0.387 e. The van der Waals surface area contributed by atoms with Crippen LogP contribution in [-0.4, -0.2) is 73.4 Å². The molecule has 0 aromatic heterocycles. The second-order valence-corrected chi connectivity index (χ2v) is 14.3. The first kappa shape index (κ1) is 42.7. The number of quaternary nitrogens is 1. The third-order valence-corrected chi connectivity index (χ3v) is 8.34. The Bertz CT molecular complexity index is 825. The third kappa shape index (κ3) is 29.4. The molecule has 3 atom stereocenters. The van der Waals surface area contributed by atoms with Gasteiger partial charge in [0.05, 0.1) is 39.9 Å². The van der Waals surface area contributed by atoms with E-state index in [-0.39, 0.29) is 19.1 Å². The standard InChI is InChI=1S/C35H67N2O6P/c1-6-8-10-12-14-16-18-19-21-23-25-27-29-35(39)36-33(32-43-44(40,41)42-31-30-37(3,4)5)34(38)28-26-24-22-20-17-15-13-11-9-7-2/h9,11,17,20,26,28,33-34,38H,6-8,10,12-16,18-19,21-25,27,29-32H2,1-5H3,(H-,36,39,40,41)/p+1/b11-9+,20-17+,28-26+. The molecule has 0 heterocycles. The van der Waals surface area contributed by atoms with E-state index in [4.69, 9.17) is 9.05 Å². The molecule has 0 spiro atoms. The van der Waals surface area contributed by atoms with E-state index in [1.807, 2.05) is 27.2 Å². The second kappa shape index (κ2) is 28.0. The summed E-state index contributed by atoms with van der Waals surface area (Å²) in [6.07, 6.45) is 30.7. The summed E-state index contributed by atoms with van der Waals surface area (Å²) in [4.78, 5) is 22.9. The van der Waals surface area contributed by atoms with Gasteiger partial charge in [-0.15, -0.1) is 0 Å². The molecule has 9 heteroatoms. The molecule has 1 amide bonds. The van der Waals surface area contributed by atoms with Crippen LogP contribution in [0.15, 0.2) is 36.5 Å². The lowest BCUT2D eigenvalue weighted by Gasteiger charge is -2.25. The molecule has 0 bridgehead atoms. The van der Waals surface area contributed by atoms with Crippen molar-refractivity contribution in [3.8, 4) is 0 Å². The molecule has 3 N–H and O–H groups in total. The Morgan fingerprint density at radius 2 is 1.27 bits per heavy atom. The number of aliphatic hydroxyl groups is 1. The molecule has 3 unspecified atom stereocenters. The van der Waals surface area contributed by atoms with E-state index in [9.17, 15) is 19.4 Å². The van der Waals surface area contributed by atoms with Gasteiger partial charge < -0.3 is 19.8 Å². The number of hydrogen-bond donors (Lipinski definition) is 3. The first-order chi connectivity index (χ1) is 21.0. The number of nitrogens with one attached hydrogen (secondary N) is 1. The fraction of sp³-hybridized carbons (Fsp3) is 0.800. The van der Waals surface area contributed by atoms with Crippen molar-refractivity contribution in [1.82, 2.24) is 5.32 Å². The fourth-order valence-corrected chi connectivity index (χ4v) is 5.28. The van der Waals surface area contributed by atoms with Gasteiger partial charge in [-0.25, -0.2) is 4.57 Å². The van der Waals surface area contributed by atoms with Crippen LogP contribution in [0.5, 0.6) is 0 Å². The molecule has 0 radical (unpaired) electrons. The molecule has 0 aliphatic rings. The van der Waals surface area contributed by atoms with Crippen LogP contribution in [0.4, 0.5) is 0 Å². The molecule has 258 valence electrons. The van der Waals surface area contributed by atoms with E-state index >= 15 is 0 Å². The van der Waals surface area contributed by atoms with Gasteiger partial charge in [-0.3, -0.25) is 13.8 Å². The summed E-state index contributed by atoms with van der Waals surface area (Å²) < 4.78 is 23.3. The number of rotatable bonds is 30. The minimum absolute atomic E-state index is 0.0537. The Morgan fingerprint density at radius 1 is 0.773 bits per heavy atom. The number of allylic oxidation sites excluding steroid dienone is 5. The van der Waals surface area contributed by atoms with Crippen LogP contribution in [-0.2, 0) is 18.4 Å². The van der Waals surface area contributed by atoms with Crippen molar-refractivity contribution in [2.75, 3.05) is 40.9 Å². The average molecular weight is 644 g/mol. The minimum atomic E-state index is -4.33. The van der Waals surface area contributed by atoms with Gasteiger partial charge in [0.15, 0.2) is 0 Å². The Balaban J connectivity index is 4.64. The summed E-state index contributed by atoms with van der Waals surface area (Å²) in [5.41, 5.74) is 0. The molecule has 0 aromatic rings. The third-order valence-electron chi connectivity index (χ3n) is 7.35. The Morgan fingerprint density at radius 3 is 1.80 bits per heavy atom. The first-order valence-electron chi connectivity index (χ1n) is 17.4. The molecule has 0 aliphatic heterocycles. The summed E-state index contributed by atoms with van der Waals surface area (Å²) in [6, 6.07) is -0.862. The number of unbranched alkanes of at least 4 members (excludes halogenated alkanes) is 13. The van der Waals surface area contributed by atoms with Crippen LogP contribution in [0, 0.1) is 0 Å². The molecular formula is C35H68N2O6P+. The maximum Gasteiger partial charge on any atom is 0.472 e. The molecule has 44 heavy (non-hydrogen) atoms. The van der Waals surface area contributed by atoms with E-state index in [0.29, 0.717) is 17.4 Å². The largest absolute Gasteiger partial charge is 0.472 e. The van der Waals surface area contributed by atoms with E-state index in [1.165, 1.54) is 57.8 Å². The van der Waals surface area contributed by atoms with Gasteiger partial charge in [0.25, 0.3) is 0 Å². The van der Waals surface area contributed by atoms with Gasteiger partial charge >= 0.3 is 7.82 Å². The quantitative estimate of drug-likeness (QED) is 0.0314. The number of likely N-dealkylation sites (N-methyl/N-ethyl adjacent to an activating group) is 1. The zero-order valence-corrected chi connectivity index (χ0v) is 29.8. The van der Waals surface area contributed by atoms with E-state index in [0.717, 1.165) is 51.4 Å². The van der Waals surface area contributed by atoms with E-state index in [1.54, 1.807) is 6.08 Å². The lowest BCUT2D eigenvalue weighted by atomic mass is 10.0. The Labute approximate surface area is 270 Å². The smallest absolute Gasteiger partial charge is 0.387 e. The van der Waals surface area contributed by atoms with Crippen molar-refractivity contribution >= 4 is 13.7 Å². The summed E-state index contributed by atoms with van der Waals surface area (Å²) in [5.74, 6) is -0.197. The number of carbonyl (C=O) groups excluding carboxylic acids is 1. The highest BCUT2D eigenvalue weighted by molar-refractivity contribution is 7.47. The number of phosphoric ester groups is 1. The zero-order chi connectivity index (χ0) is 32.9. The van der Waals surface area contributed by atoms with Crippen LogP contribution in [0.1, 0.15) is 129 Å². The van der Waals surface area contributed by atoms with E-state index < -0.39 is 20.0 Å². The highest BCUT2D eigenvalue weighted by Gasteiger charge is 2.27. The topological polar surface area (TPSA) is 105 Å². The van der Waals surface area contributed by atoms with Crippen LogP contribution in [0.3, 0.4) is 0 Å². The number of aliphatic hydroxyl groups excluding tert-OH is 1. The molecule has 8 nitrogen and oxygen atoms in total. The monoisotopic (exact) mass is 643 g/mol. The molecular weight excluding hydrogens is 575 g/mol. The molecule has 0 aromatic carbocycles. The van der Waals surface area contributed by atoms with Crippen molar-refractivity contribution in [1.29, 1.82) is 0 Å². The van der Waals surface area contributed by atoms with Gasteiger partial charge in [0.2, 0.25) is 5.91 Å². The van der Waals surface area contributed by atoms with Crippen LogP contribution < -0.4 is 5.32 Å². The summed E-state index contributed by atoms with van der Waals surface area (Å²) >= 11 is 0. The lowest BCUT2D eigenvalue weighted by Crippen LogP contribution is -2.45. The average Bonchev–Trinajstić information content (AvgIpc) is 2.95. The first-order valence-corrected chi connectivity index (χ1v) is 18.9. The molecule has 0 aliphatic carbocycles. The number of amides is 1. The number of carbonyl (C=O) groups is 1. The van der Waals surface area contributed by atoms with Crippen molar-refractivity contribution in [3.63, 3.8) is 0 Å². The SMILES string of the molecule is CC/C=C/CC/C=C/CC/C=C/C(O)C(COP(=O)(O)OCC[N+](C)(C)C)NC(=O)CCCCCCCCCCCCCC. The van der Waals surface area contributed by atoms with Crippen molar-refractivity contribution in [2.45, 2.75) is 142 Å². The normalized spacial score (nSPS) is 15.3. The zero-order valence-electron chi connectivity index (χ0n) is 28.9. The van der Waals surface area contributed by atoms with Gasteiger partial charge in [-0.2, -0.15) is 0 Å². The van der Waals surface area contributed by atoms with Gasteiger partial charge in [0, 0.05) is 6.42 Å². The van der Waals surface area contributed by atoms with Crippen molar-refractivity contribution in [3.05, 3.63) is 36.5 Å². The second-order valence-electron chi connectivity index (χ2n) is 12.8. The molecule has 0 fully saturated rings. The lowest BCUT2D eigenvalue weighted by molar-refractivity contribution is -0.870. The number of nitrogens with zero attached hydrogens (tertiary/aromatic N) is 1. The van der Waals surface area contributed by atoms with Gasteiger partial charge in [-0.1, -0.05) is 121 Å². The predicted molar refractivity (Wildman–Crippen MR) is 184 cm³/mol. The maximum absolute atomic E-state index is 12.7. The summed E-state index contributed by atoms with van der Waals surface area (Å²) in [7, 11) is 1.54. The Kier molecular flexibility index (Phi) is 27.2. The van der Waals surface area contributed by atoms with Crippen LogP contribution in [0.25, 0.3) is 0 Å². The molecule has 0 saturated carbocycles. The van der Waals surface area contributed by atoms with Crippen molar-refractivity contribution in [2.24, 2.45) is 0 Å². The highest BCUT2D eigenvalue weighted by atomic mass is 31.2. The summed E-state index contributed by atoms with van der Waals surface area (Å²) in [5, 5.41) is 13.6. The van der Waals surface area contributed by atoms with Gasteiger partial charge in [-0.05, 0) is 38.5 Å². The highest BCUT2D eigenvalue weighted by Crippen LogP contribution is 2.43. The summed E-state index contributed by atoms with van der Waals surface area (Å²) in [6.45, 7) is 4.62. The van der Waals surface area contributed by atoms with Crippen molar-refractivity contribution < 1.29 is 32.9 Å². The maximum atomic E-state index is 12.7. The molecule has 0 saturated heterocycles. The molecule has 0 rings (SSSR count). The number of hydrogen-bond acceptors (Lipinski definition) is 5. The fourth-order valence-electron chi connectivity index (χ4n) is 4.55. The van der Waals surface area contributed by atoms with Crippen LogP contribution in [0.2, 0.25) is 0 Å². The number of phosphoric acid groups is 1. The predicted octanol–water partition coefficient (Wildman–Crippen LogP) is 8.40.